The van der Waals surface area contributed by atoms with Gasteiger partial charge in [0.1, 0.15) is 9.84 Å². The Morgan fingerprint density at radius 3 is 2.69 bits per heavy atom. The third-order valence-electron chi connectivity index (χ3n) is 2.72. The Balaban J connectivity index is 2.02. The van der Waals surface area contributed by atoms with Gasteiger partial charge in [0, 0.05) is 12.3 Å². The number of aromatic nitrogens is 2. The molecule has 0 aliphatic carbocycles. The molecule has 1 saturated heterocycles. The van der Waals surface area contributed by atoms with Gasteiger partial charge < -0.3 is 9.63 Å². The molecule has 0 bridgehead atoms. The predicted molar refractivity (Wildman–Crippen MR) is 55.7 cm³/mol. The van der Waals surface area contributed by atoms with Crippen molar-refractivity contribution in [3.05, 3.63) is 11.7 Å². The van der Waals surface area contributed by atoms with Gasteiger partial charge in [0.05, 0.1) is 18.1 Å². The molecule has 90 valence electrons. The molecule has 1 N–H and O–H groups in total. The molecule has 1 fully saturated rings. The third kappa shape index (κ3) is 2.59. The lowest BCUT2D eigenvalue weighted by atomic mass is 10.0. The molecule has 1 aromatic heterocycles. The molecule has 16 heavy (non-hydrogen) atoms. The van der Waals surface area contributed by atoms with Crippen LogP contribution in [-0.4, -0.2) is 41.8 Å². The maximum Gasteiger partial charge on any atom is 0.229 e. The van der Waals surface area contributed by atoms with Crippen LogP contribution in [0.4, 0.5) is 0 Å². The molecule has 0 radical (unpaired) electrons. The van der Waals surface area contributed by atoms with E-state index in [1.165, 1.54) is 0 Å². The van der Waals surface area contributed by atoms with Gasteiger partial charge in [0.2, 0.25) is 5.89 Å². The van der Waals surface area contributed by atoms with Gasteiger partial charge in [-0.15, -0.1) is 0 Å². The summed E-state index contributed by atoms with van der Waals surface area (Å²) in [7, 11) is -2.86. The molecule has 0 spiro atoms. The fraction of sp³-hybridized carbons (Fsp3) is 0.778. The van der Waals surface area contributed by atoms with Crippen molar-refractivity contribution in [3.63, 3.8) is 0 Å². The topological polar surface area (TPSA) is 93.3 Å². The first-order valence-electron chi connectivity index (χ1n) is 5.24. The molecule has 0 unspecified atom stereocenters. The van der Waals surface area contributed by atoms with Gasteiger partial charge >= 0.3 is 0 Å². The van der Waals surface area contributed by atoms with Crippen LogP contribution in [0.5, 0.6) is 0 Å². The number of hydrogen-bond donors (Lipinski definition) is 1. The van der Waals surface area contributed by atoms with Crippen molar-refractivity contribution in [1.29, 1.82) is 0 Å². The minimum absolute atomic E-state index is 0.0159. The van der Waals surface area contributed by atoms with E-state index in [1.807, 2.05) is 0 Å². The number of rotatable bonds is 3. The average Bonchev–Trinajstić information content (AvgIpc) is 2.67. The van der Waals surface area contributed by atoms with Gasteiger partial charge in [-0.2, -0.15) is 4.98 Å². The van der Waals surface area contributed by atoms with Crippen LogP contribution in [0, 0.1) is 0 Å². The smallest absolute Gasteiger partial charge is 0.229 e. The lowest BCUT2D eigenvalue weighted by molar-refractivity contribution is 0.291. The summed E-state index contributed by atoms with van der Waals surface area (Å²) >= 11 is 0. The lowest BCUT2D eigenvalue weighted by Gasteiger charge is -2.17. The second-order valence-electron chi connectivity index (χ2n) is 3.95. The van der Waals surface area contributed by atoms with E-state index in [2.05, 4.69) is 10.1 Å². The maximum absolute atomic E-state index is 11.2. The second kappa shape index (κ2) is 4.50. The summed E-state index contributed by atoms with van der Waals surface area (Å²) in [6, 6.07) is 0. The van der Waals surface area contributed by atoms with Crippen molar-refractivity contribution >= 4 is 9.84 Å². The zero-order valence-electron chi connectivity index (χ0n) is 8.79. The molecular weight excluding hydrogens is 232 g/mol. The summed E-state index contributed by atoms with van der Waals surface area (Å²) in [6.07, 6.45) is 1.46. The Hall–Kier alpha value is -0.950. The molecule has 1 aliphatic rings. The van der Waals surface area contributed by atoms with Gasteiger partial charge in [-0.05, 0) is 12.8 Å². The van der Waals surface area contributed by atoms with Crippen molar-refractivity contribution in [2.24, 2.45) is 0 Å². The Morgan fingerprint density at radius 2 is 2.06 bits per heavy atom. The highest BCUT2D eigenvalue weighted by molar-refractivity contribution is 7.91. The highest BCUT2D eigenvalue weighted by atomic mass is 32.2. The van der Waals surface area contributed by atoms with Crippen molar-refractivity contribution < 1.29 is 18.0 Å². The first kappa shape index (κ1) is 11.5. The summed E-state index contributed by atoms with van der Waals surface area (Å²) in [5.74, 6) is 1.40. The molecule has 0 atom stereocenters. The first-order valence-corrected chi connectivity index (χ1v) is 7.06. The van der Waals surface area contributed by atoms with Crippen LogP contribution in [0.2, 0.25) is 0 Å². The Morgan fingerprint density at radius 1 is 1.38 bits per heavy atom. The first-order chi connectivity index (χ1) is 7.61. The van der Waals surface area contributed by atoms with Crippen molar-refractivity contribution in [1.82, 2.24) is 10.1 Å². The van der Waals surface area contributed by atoms with E-state index in [1.54, 1.807) is 0 Å². The zero-order chi connectivity index (χ0) is 11.6. The molecule has 2 heterocycles. The van der Waals surface area contributed by atoms with E-state index < -0.39 is 9.84 Å². The molecule has 0 aromatic carbocycles. The SMILES string of the molecule is O=S1(=O)CCC(c2nc(CCO)no2)CC1. The van der Waals surface area contributed by atoms with Crippen LogP contribution in [-0.2, 0) is 16.3 Å². The molecule has 1 aliphatic heterocycles. The molecule has 0 saturated carbocycles. The minimum Gasteiger partial charge on any atom is -0.396 e. The van der Waals surface area contributed by atoms with E-state index in [-0.39, 0.29) is 24.0 Å². The number of aliphatic hydroxyl groups is 1. The van der Waals surface area contributed by atoms with E-state index in [0.717, 1.165) is 0 Å². The number of sulfone groups is 1. The summed E-state index contributed by atoms with van der Waals surface area (Å²) in [4.78, 5) is 4.14. The number of hydrogen-bond acceptors (Lipinski definition) is 6. The number of aliphatic hydroxyl groups excluding tert-OH is 1. The molecule has 2 rings (SSSR count). The molecule has 6 nitrogen and oxygen atoms in total. The van der Waals surface area contributed by atoms with Crippen LogP contribution in [0.1, 0.15) is 30.5 Å². The fourth-order valence-electron chi connectivity index (χ4n) is 1.77. The predicted octanol–water partition coefficient (Wildman–Crippen LogP) is -0.103. The van der Waals surface area contributed by atoms with Gasteiger partial charge in [-0.3, -0.25) is 0 Å². The van der Waals surface area contributed by atoms with Crippen LogP contribution >= 0.6 is 0 Å². The second-order valence-corrected chi connectivity index (χ2v) is 6.25. The van der Waals surface area contributed by atoms with Crippen LogP contribution in [0.15, 0.2) is 4.52 Å². The third-order valence-corrected chi connectivity index (χ3v) is 4.44. The largest absolute Gasteiger partial charge is 0.396 e. The molecule has 0 amide bonds. The van der Waals surface area contributed by atoms with E-state index in [4.69, 9.17) is 9.63 Å². The summed E-state index contributed by atoms with van der Waals surface area (Å²) in [6.45, 7) is -0.0159. The molecular formula is C9H14N2O4S. The van der Waals surface area contributed by atoms with E-state index >= 15 is 0 Å². The quantitative estimate of drug-likeness (QED) is 0.800. The summed E-state index contributed by atoms with van der Waals surface area (Å²) in [5.41, 5.74) is 0. The standard InChI is InChI=1S/C9H14N2O4S/c12-4-1-8-10-9(15-11-8)7-2-5-16(13,14)6-3-7/h7,12H,1-6H2. The average molecular weight is 246 g/mol. The number of nitrogens with zero attached hydrogens (tertiary/aromatic N) is 2. The van der Waals surface area contributed by atoms with Crippen molar-refractivity contribution in [2.45, 2.75) is 25.2 Å². The fourth-order valence-corrected chi connectivity index (χ4v) is 3.26. The van der Waals surface area contributed by atoms with Crippen molar-refractivity contribution in [2.75, 3.05) is 18.1 Å². The van der Waals surface area contributed by atoms with E-state index in [0.29, 0.717) is 31.0 Å². The van der Waals surface area contributed by atoms with Crippen LogP contribution in [0.3, 0.4) is 0 Å². The van der Waals surface area contributed by atoms with Gasteiger partial charge in [0.25, 0.3) is 0 Å². The Bertz CT molecular complexity index is 440. The summed E-state index contributed by atoms with van der Waals surface area (Å²) in [5, 5.41) is 12.4. The summed E-state index contributed by atoms with van der Waals surface area (Å²) < 4.78 is 27.5. The maximum atomic E-state index is 11.2. The normalized spacial score (nSPS) is 21.1. The highest BCUT2D eigenvalue weighted by Crippen LogP contribution is 2.27. The van der Waals surface area contributed by atoms with Crippen LogP contribution < -0.4 is 0 Å². The monoisotopic (exact) mass is 246 g/mol. The van der Waals surface area contributed by atoms with Crippen molar-refractivity contribution in [3.8, 4) is 0 Å². The minimum atomic E-state index is -2.86. The van der Waals surface area contributed by atoms with Gasteiger partial charge in [-0.25, -0.2) is 8.42 Å². The highest BCUT2D eigenvalue weighted by Gasteiger charge is 2.28. The Labute approximate surface area is 93.6 Å². The van der Waals surface area contributed by atoms with Crippen LogP contribution in [0.25, 0.3) is 0 Å². The molecule has 1 aromatic rings. The van der Waals surface area contributed by atoms with E-state index in [9.17, 15) is 8.42 Å². The molecule has 7 heteroatoms. The Kier molecular flexibility index (Phi) is 3.25. The lowest BCUT2D eigenvalue weighted by Crippen LogP contribution is -2.22. The van der Waals surface area contributed by atoms with Gasteiger partial charge in [0.15, 0.2) is 5.82 Å². The van der Waals surface area contributed by atoms with Gasteiger partial charge in [-0.1, -0.05) is 5.16 Å². The zero-order valence-corrected chi connectivity index (χ0v) is 9.61.